The van der Waals surface area contributed by atoms with E-state index in [1.165, 1.54) is 0 Å². The first kappa shape index (κ1) is 21.6. The number of carbonyl (C=O) groups excluding carboxylic acids is 2. The minimum Gasteiger partial charge on any atom is -0.492 e. The van der Waals surface area contributed by atoms with Gasteiger partial charge in [-0.25, -0.2) is 0 Å². The number of hydrazine groups is 1. The van der Waals surface area contributed by atoms with Crippen LogP contribution in [0.15, 0.2) is 89.5 Å². The summed E-state index contributed by atoms with van der Waals surface area (Å²) in [5.41, 5.74) is 7.40. The van der Waals surface area contributed by atoms with E-state index in [0.29, 0.717) is 17.9 Å². The molecule has 1 aromatic heterocycles. The lowest BCUT2D eigenvalue weighted by atomic mass is 10.1. The van der Waals surface area contributed by atoms with E-state index >= 15 is 0 Å². The maximum Gasteiger partial charge on any atom is 0.273 e. The molecule has 1 heterocycles. The van der Waals surface area contributed by atoms with E-state index in [4.69, 9.17) is 4.74 Å². The number of halogens is 1. The van der Waals surface area contributed by atoms with Gasteiger partial charge in [0.1, 0.15) is 12.3 Å². The van der Waals surface area contributed by atoms with Gasteiger partial charge in [0.2, 0.25) is 0 Å². The first-order valence-corrected chi connectivity index (χ1v) is 11.0. The normalized spacial score (nSPS) is 10.7. The Balaban J connectivity index is 1.36. The third-order valence-electron chi connectivity index (χ3n) is 4.99. The molecular formula is C25H22BrN3O3. The van der Waals surface area contributed by atoms with Crippen molar-refractivity contribution in [2.45, 2.75) is 13.0 Å². The predicted octanol–water partition coefficient (Wildman–Crippen LogP) is 4.49. The molecule has 0 fully saturated rings. The summed E-state index contributed by atoms with van der Waals surface area (Å²) in [5.74, 6) is -0.333. The van der Waals surface area contributed by atoms with Crippen molar-refractivity contribution in [3.63, 3.8) is 0 Å². The van der Waals surface area contributed by atoms with Gasteiger partial charge in [-0.15, -0.1) is 0 Å². The molecule has 4 aromatic rings. The number of rotatable bonds is 7. The van der Waals surface area contributed by atoms with Gasteiger partial charge < -0.3 is 9.30 Å². The first-order valence-electron chi connectivity index (χ1n) is 10.2. The van der Waals surface area contributed by atoms with Crippen LogP contribution in [0.1, 0.15) is 15.9 Å². The smallest absolute Gasteiger partial charge is 0.273 e. The lowest BCUT2D eigenvalue weighted by Crippen LogP contribution is -2.43. The number of para-hydroxylation sites is 1. The number of aromatic nitrogens is 1. The molecule has 7 heteroatoms. The third-order valence-corrected chi connectivity index (χ3v) is 5.48. The molecule has 0 unspecified atom stereocenters. The fourth-order valence-electron chi connectivity index (χ4n) is 3.40. The van der Waals surface area contributed by atoms with Crippen molar-refractivity contribution in [1.82, 2.24) is 15.4 Å². The van der Waals surface area contributed by atoms with E-state index in [2.05, 4.69) is 26.8 Å². The fraction of sp³-hybridized carbons (Fsp3) is 0.120. The van der Waals surface area contributed by atoms with Gasteiger partial charge in [-0.1, -0.05) is 64.5 Å². The predicted molar refractivity (Wildman–Crippen MR) is 127 cm³/mol. The van der Waals surface area contributed by atoms with E-state index < -0.39 is 5.91 Å². The monoisotopic (exact) mass is 491 g/mol. The van der Waals surface area contributed by atoms with Gasteiger partial charge >= 0.3 is 0 Å². The van der Waals surface area contributed by atoms with E-state index in [0.717, 1.165) is 27.4 Å². The lowest BCUT2D eigenvalue weighted by molar-refractivity contribution is -0.122. The summed E-state index contributed by atoms with van der Waals surface area (Å²) >= 11 is 3.39. The minimum atomic E-state index is -0.452. The van der Waals surface area contributed by atoms with Crippen LogP contribution >= 0.6 is 15.9 Å². The number of ether oxygens (including phenoxy) is 1. The molecular weight excluding hydrogens is 470 g/mol. The van der Waals surface area contributed by atoms with Crippen LogP contribution in [-0.4, -0.2) is 23.0 Å². The molecule has 0 saturated heterocycles. The van der Waals surface area contributed by atoms with Crippen LogP contribution < -0.4 is 15.6 Å². The Hall–Kier alpha value is -3.58. The van der Waals surface area contributed by atoms with E-state index in [1.807, 2.05) is 77.5 Å². The molecule has 4 rings (SSSR count). The number of hydrogen-bond acceptors (Lipinski definition) is 3. The first-order chi connectivity index (χ1) is 15.6. The number of fused-ring (bicyclic) bond motifs is 1. The van der Waals surface area contributed by atoms with Crippen LogP contribution in [-0.2, 0) is 17.8 Å². The molecule has 2 N–H and O–H groups in total. The summed E-state index contributed by atoms with van der Waals surface area (Å²) in [4.78, 5) is 25.1. The van der Waals surface area contributed by atoms with Gasteiger partial charge in [-0.2, -0.15) is 0 Å². The van der Waals surface area contributed by atoms with Crippen molar-refractivity contribution in [2.75, 3.05) is 6.61 Å². The van der Waals surface area contributed by atoms with Gasteiger partial charge in [-0.3, -0.25) is 20.4 Å². The summed E-state index contributed by atoms with van der Waals surface area (Å²) in [5, 5.41) is 1.05. The third kappa shape index (κ3) is 5.36. The van der Waals surface area contributed by atoms with Gasteiger partial charge in [0.15, 0.2) is 0 Å². The topological polar surface area (TPSA) is 72.4 Å². The van der Waals surface area contributed by atoms with Gasteiger partial charge in [0, 0.05) is 22.6 Å². The van der Waals surface area contributed by atoms with Crippen LogP contribution in [0.2, 0.25) is 0 Å². The Morgan fingerprint density at radius 2 is 1.69 bits per heavy atom. The second-order valence-electron chi connectivity index (χ2n) is 7.23. The highest BCUT2D eigenvalue weighted by Crippen LogP contribution is 2.23. The molecule has 2 amide bonds. The van der Waals surface area contributed by atoms with Crippen molar-refractivity contribution in [2.24, 2.45) is 0 Å². The molecule has 32 heavy (non-hydrogen) atoms. The molecule has 162 valence electrons. The van der Waals surface area contributed by atoms with Gasteiger partial charge in [0.05, 0.1) is 12.2 Å². The van der Waals surface area contributed by atoms with E-state index in [-0.39, 0.29) is 12.5 Å². The summed E-state index contributed by atoms with van der Waals surface area (Å²) < 4.78 is 8.43. The Morgan fingerprint density at radius 3 is 2.53 bits per heavy atom. The zero-order valence-corrected chi connectivity index (χ0v) is 18.8. The summed E-state index contributed by atoms with van der Waals surface area (Å²) in [6, 6.07) is 24.9. The molecule has 0 aliphatic rings. The largest absolute Gasteiger partial charge is 0.492 e. The zero-order valence-electron chi connectivity index (χ0n) is 17.3. The van der Waals surface area contributed by atoms with Crippen molar-refractivity contribution in [3.8, 4) is 5.75 Å². The number of hydrogen-bond donors (Lipinski definition) is 2. The lowest BCUT2D eigenvalue weighted by Gasteiger charge is -2.13. The molecule has 6 nitrogen and oxygen atoms in total. The molecule has 3 aromatic carbocycles. The molecule has 0 atom stereocenters. The molecule has 0 bridgehead atoms. The molecule has 0 saturated carbocycles. The standard InChI is InChI=1S/C25H22BrN3O3/c26-20-10-11-23(32-15-13-18-6-2-1-3-7-18)21(16-20)25(31)28-27-24(30)17-29-14-12-19-8-4-5-9-22(19)29/h1-12,14,16H,13,15,17H2,(H,27,30)(H,28,31). The molecule has 0 aliphatic carbocycles. The maximum absolute atomic E-state index is 12.7. The quantitative estimate of drug-likeness (QED) is 0.374. The molecule has 0 spiro atoms. The molecule has 0 radical (unpaired) electrons. The number of nitrogens with one attached hydrogen (secondary N) is 2. The Labute approximate surface area is 194 Å². The average Bonchev–Trinajstić information content (AvgIpc) is 3.22. The van der Waals surface area contributed by atoms with E-state index in [1.54, 1.807) is 12.1 Å². The average molecular weight is 492 g/mol. The number of amides is 2. The maximum atomic E-state index is 12.7. The SMILES string of the molecule is O=C(Cn1ccc2ccccc21)NNC(=O)c1cc(Br)ccc1OCCc1ccccc1. The van der Waals surface area contributed by atoms with Crippen LogP contribution in [0.5, 0.6) is 5.75 Å². The molecule has 0 aliphatic heterocycles. The highest BCUT2D eigenvalue weighted by Gasteiger charge is 2.15. The second kappa shape index (κ2) is 10.2. The minimum absolute atomic E-state index is 0.0900. The zero-order chi connectivity index (χ0) is 22.3. The Morgan fingerprint density at radius 1 is 0.906 bits per heavy atom. The van der Waals surface area contributed by atoms with Gasteiger partial charge in [-0.05, 0) is 41.3 Å². The van der Waals surface area contributed by atoms with E-state index in [9.17, 15) is 9.59 Å². The highest BCUT2D eigenvalue weighted by molar-refractivity contribution is 9.10. The highest BCUT2D eigenvalue weighted by atomic mass is 79.9. The van der Waals surface area contributed by atoms with Crippen LogP contribution in [0.4, 0.5) is 0 Å². The van der Waals surface area contributed by atoms with Crippen molar-refractivity contribution < 1.29 is 14.3 Å². The van der Waals surface area contributed by atoms with Crippen molar-refractivity contribution >= 4 is 38.6 Å². The number of carbonyl (C=O) groups is 2. The number of nitrogens with zero attached hydrogens (tertiary/aromatic N) is 1. The van der Waals surface area contributed by atoms with Gasteiger partial charge in [0.25, 0.3) is 11.8 Å². The van der Waals surface area contributed by atoms with Crippen LogP contribution in [0.3, 0.4) is 0 Å². The summed E-state index contributed by atoms with van der Waals surface area (Å²) in [6.07, 6.45) is 2.57. The van der Waals surface area contributed by atoms with Crippen molar-refractivity contribution in [1.29, 1.82) is 0 Å². The van der Waals surface area contributed by atoms with Crippen molar-refractivity contribution in [3.05, 3.63) is 101 Å². The van der Waals surface area contributed by atoms with Crippen LogP contribution in [0.25, 0.3) is 10.9 Å². The fourth-order valence-corrected chi connectivity index (χ4v) is 3.76. The Bertz CT molecular complexity index is 1240. The Kier molecular flexibility index (Phi) is 6.87. The second-order valence-corrected chi connectivity index (χ2v) is 8.14. The summed E-state index contributed by atoms with van der Waals surface area (Å²) in [6.45, 7) is 0.520. The number of benzene rings is 3. The van der Waals surface area contributed by atoms with Crippen LogP contribution in [0, 0.1) is 0 Å². The summed E-state index contributed by atoms with van der Waals surface area (Å²) in [7, 11) is 0.